The molecule has 80 valence electrons. The first-order chi connectivity index (χ1) is 7.29. The summed E-state index contributed by atoms with van der Waals surface area (Å²) in [5, 5.41) is 0. The van der Waals surface area contributed by atoms with E-state index in [9.17, 15) is 4.79 Å². The van der Waals surface area contributed by atoms with Gasteiger partial charge in [0.2, 0.25) is 0 Å². The van der Waals surface area contributed by atoms with Crippen LogP contribution in [0.3, 0.4) is 0 Å². The van der Waals surface area contributed by atoms with Crippen molar-refractivity contribution in [1.29, 1.82) is 0 Å². The van der Waals surface area contributed by atoms with Crippen LogP contribution in [0.1, 0.15) is 29.6 Å². The lowest BCUT2D eigenvalue weighted by molar-refractivity contribution is 0.112. The van der Waals surface area contributed by atoms with Gasteiger partial charge in [0.15, 0.2) is 0 Å². The summed E-state index contributed by atoms with van der Waals surface area (Å²) in [4.78, 5) is 10.5. The van der Waals surface area contributed by atoms with E-state index in [-0.39, 0.29) is 0 Å². The molecule has 2 rings (SSSR count). The summed E-state index contributed by atoms with van der Waals surface area (Å²) in [6.45, 7) is 0.791. The number of aldehydes is 1. The van der Waals surface area contributed by atoms with Gasteiger partial charge in [0.1, 0.15) is 12.0 Å². The van der Waals surface area contributed by atoms with Crippen LogP contribution in [-0.2, 0) is 0 Å². The molecular weight excluding hydrogens is 256 g/mol. The zero-order valence-electron chi connectivity index (χ0n) is 8.41. The Morgan fingerprint density at radius 3 is 2.80 bits per heavy atom. The first kappa shape index (κ1) is 10.7. The largest absolute Gasteiger partial charge is 0.492 e. The van der Waals surface area contributed by atoms with Crippen LogP contribution in [0, 0.1) is 5.92 Å². The van der Waals surface area contributed by atoms with Gasteiger partial charge in [-0.1, -0.05) is 6.42 Å². The minimum Gasteiger partial charge on any atom is -0.492 e. The Bertz CT molecular complexity index is 359. The maximum absolute atomic E-state index is 10.5. The number of carbonyl (C=O) groups is 1. The molecule has 0 aromatic heterocycles. The Balaban J connectivity index is 1.97. The minimum absolute atomic E-state index is 0.665. The highest BCUT2D eigenvalue weighted by Crippen LogP contribution is 2.30. The quantitative estimate of drug-likeness (QED) is 0.782. The number of rotatable bonds is 4. The SMILES string of the molecule is O=Cc1ccc(OCC2CCC2)c(Br)c1. The van der Waals surface area contributed by atoms with Gasteiger partial charge < -0.3 is 4.74 Å². The molecule has 0 aliphatic heterocycles. The zero-order valence-corrected chi connectivity index (χ0v) is 10.00. The van der Waals surface area contributed by atoms with Crippen molar-refractivity contribution in [3.05, 3.63) is 28.2 Å². The Labute approximate surface area is 97.8 Å². The third kappa shape index (κ3) is 2.59. The number of carbonyl (C=O) groups excluding carboxylic acids is 1. The second kappa shape index (κ2) is 4.79. The van der Waals surface area contributed by atoms with Gasteiger partial charge in [-0.25, -0.2) is 0 Å². The third-order valence-electron chi connectivity index (χ3n) is 2.79. The van der Waals surface area contributed by atoms with E-state index in [1.165, 1.54) is 19.3 Å². The molecule has 2 nitrogen and oxygen atoms in total. The molecule has 0 radical (unpaired) electrons. The van der Waals surface area contributed by atoms with Crippen molar-refractivity contribution >= 4 is 22.2 Å². The van der Waals surface area contributed by atoms with Gasteiger partial charge >= 0.3 is 0 Å². The molecule has 0 unspecified atom stereocenters. The molecule has 0 amide bonds. The monoisotopic (exact) mass is 268 g/mol. The molecule has 0 saturated heterocycles. The van der Waals surface area contributed by atoms with Gasteiger partial charge in [0, 0.05) is 5.56 Å². The molecular formula is C12H13BrO2. The molecule has 1 aromatic rings. The Morgan fingerprint density at radius 2 is 2.27 bits per heavy atom. The van der Waals surface area contributed by atoms with E-state index in [0.29, 0.717) is 5.56 Å². The van der Waals surface area contributed by atoms with Crippen LogP contribution in [0.25, 0.3) is 0 Å². The van der Waals surface area contributed by atoms with Crippen molar-refractivity contribution in [3.63, 3.8) is 0 Å². The van der Waals surface area contributed by atoms with Crippen LogP contribution in [0.4, 0.5) is 0 Å². The topological polar surface area (TPSA) is 26.3 Å². The van der Waals surface area contributed by atoms with Crippen LogP contribution in [0.5, 0.6) is 5.75 Å². The lowest BCUT2D eigenvalue weighted by Crippen LogP contribution is -2.19. The normalized spacial score (nSPS) is 15.8. The zero-order chi connectivity index (χ0) is 10.7. The number of hydrogen-bond donors (Lipinski definition) is 0. The third-order valence-corrected chi connectivity index (χ3v) is 3.41. The molecule has 1 aromatic carbocycles. The maximum Gasteiger partial charge on any atom is 0.150 e. The molecule has 1 fully saturated rings. The second-order valence-corrected chi connectivity index (χ2v) is 4.77. The Kier molecular flexibility index (Phi) is 3.41. The highest BCUT2D eigenvalue weighted by Gasteiger charge is 2.18. The molecule has 1 aliphatic rings. The van der Waals surface area contributed by atoms with Gasteiger partial charge in [0.25, 0.3) is 0 Å². The van der Waals surface area contributed by atoms with Gasteiger partial charge in [-0.05, 0) is 52.9 Å². The fourth-order valence-corrected chi connectivity index (χ4v) is 2.09. The number of halogens is 1. The van der Waals surface area contributed by atoms with Gasteiger partial charge in [-0.15, -0.1) is 0 Å². The van der Waals surface area contributed by atoms with Gasteiger partial charge in [-0.2, -0.15) is 0 Å². The van der Waals surface area contributed by atoms with Crippen molar-refractivity contribution in [2.24, 2.45) is 5.92 Å². The fourth-order valence-electron chi connectivity index (χ4n) is 1.57. The van der Waals surface area contributed by atoms with Crippen LogP contribution >= 0.6 is 15.9 Å². The van der Waals surface area contributed by atoms with Crippen LogP contribution in [0.2, 0.25) is 0 Å². The predicted octanol–water partition coefficient (Wildman–Crippen LogP) is 3.44. The molecule has 1 aliphatic carbocycles. The van der Waals surface area contributed by atoms with E-state index in [4.69, 9.17) is 4.74 Å². The van der Waals surface area contributed by atoms with Crippen LogP contribution in [0.15, 0.2) is 22.7 Å². The smallest absolute Gasteiger partial charge is 0.150 e. The molecule has 0 heterocycles. The van der Waals surface area contributed by atoms with E-state index < -0.39 is 0 Å². The average Bonchev–Trinajstić information content (AvgIpc) is 2.18. The summed E-state index contributed by atoms with van der Waals surface area (Å²) in [5.74, 6) is 1.55. The number of ether oxygens (including phenoxy) is 1. The molecule has 3 heteroatoms. The van der Waals surface area contributed by atoms with Crippen molar-refractivity contribution in [1.82, 2.24) is 0 Å². The summed E-state index contributed by atoms with van der Waals surface area (Å²) in [5.41, 5.74) is 0.665. The molecule has 1 saturated carbocycles. The number of hydrogen-bond acceptors (Lipinski definition) is 2. The van der Waals surface area contributed by atoms with E-state index in [1.54, 1.807) is 12.1 Å². The van der Waals surface area contributed by atoms with Crippen molar-refractivity contribution < 1.29 is 9.53 Å². The molecule has 0 atom stereocenters. The second-order valence-electron chi connectivity index (χ2n) is 3.92. The van der Waals surface area contributed by atoms with E-state index in [0.717, 1.165) is 29.0 Å². The summed E-state index contributed by atoms with van der Waals surface area (Å²) >= 11 is 3.39. The summed E-state index contributed by atoms with van der Waals surface area (Å²) in [7, 11) is 0. The van der Waals surface area contributed by atoms with Crippen molar-refractivity contribution in [3.8, 4) is 5.75 Å². The summed E-state index contributed by atoms with van der Waals surface area (Å²) < 4.78 is 6.53. The molecule has 0 bridgehead atoms. The van der Waals surface area contributed by atoms with Crippen molar-refractivity contribution in [2.75, 3.05) is 6.61 Å². The first-order valence-corrected chi connectivity index (χ1v) is 5.96. The van der Waals surface area contributed by atoms with E-state index in [2.05, 4.69) is 15.9 Å². The molecule has 0 spiro atoms. The fraction of sp³-hybridized carbons (Fsp3) is 0.417. The summed E-state index contributed by atoms with van der Waals surface area (Å²) in [6.07, 6.45) is 4.73. The lowest BCUT2D eigenvalue weighted by atomic mass is 9.86. The van der Waals surface area contributed by atoms with E-state index >= 15 is 0 Å². The molecule has 0 N–H and O–H groups in total. The van der Waals surface area contributed by atoms with Gasteiger partial charge in [-0.3, -0.25) is 4.79 Å². The Morgan fingerprint density at radius 1 is 1.47 bits per heavy atom. The highest BCUT2D eigenvalue weighted by molar-refractivity contribution is 9.10. The summed E-state index contributed by atoms with van der Waals surface area (Å²) in [6, 6.07) is 5.39. The predicted molar refractivity (Wildman–Crippen MR) is 62.4 cm³/mol. The Hall–Kier alpha value is -0.830. The molecule has 15 heavy (non-hydrogen) atoms. The van der Waals surface area contributed by atoms with Crippen LogP contribution < -0.4 is 4.74 Å². The van der Waals surface area contributed by atoms with E-state index in [1.807, 2.05) is 6.07 Å². The first-order valence-electron chi connectivity index (χ1n) is 5.17. The maximum atomic E-state index is 10.5. The average molecular weight is 269 g/mol. The lowest BCUT2D eigenvalue weighted by Gasteiger charge is -2.25. The van der Waals surface area contributed by atoms with Crippen LogP contribution in [-0.4, -0.2) is 12.9 Å². The van der Waals surface area contributed by atoms with Crippen molar-refractivity contribution in [2.45, 2.75) is 19.3 Å². The van der Waals surface area contributed by atoms with Gasteiger partial charge in [0.05, 0.1) is 11.1 Å². The minimum atomic E-state index is 0.665. The number of benzene rings is 1. The standard InChI is InChI=1S/C12H13BrO2/c13-11-6-10(7-14)4-5-12(11)15-8-9-2-1-3-9/h4-7,9H,1-3,8H2. The highest BCUT2D eigenvalue weighted by atomic mass is 79.9.